The van der Waals surface area contributed by atoms with E-state index in [1.165, 1.54) is 12.3 Å². The van der Waals surface area contributed by atoms with Gasteiger partial charge in [0.05, 0.1) is 11.3 Å². The lowest BCUT2D eigenvalue weighted by Gasteiger charge is -2.05. The molecule has 21 heavy (non-hydrogen) atoms. The van der Waals surface area contributed by atoms with Gasteiger partial charge in [0, 0.05) is 11.8 Å². The molecule has 0 bridgehead atoms. The van der Waals surface area contributed by atoms with E-state index in [9.17, 15) is 9.60 Å². The second-order valence-electron chi connectivity index (χ2n) is 4.53. The Hall–Kier alpha value is -2.40. The SMILES string of the molecule is Cc1nc(-c2ccccc2F)n(O)c1-c1ccc(Cl)nc1. The fourth-order valence-corrected chi connectivity index (χ4v) is 2.29. The van der Waals surface area contributed by atoms with Crippen LogP contribution in [0.25, 0.3) is 22.6 Å². The standard InChI is InChI=1S/C15H11ClFN3O/c1-9-14(10-6-7-13(16)18-8-10)20(21)15(19-9)11-4-2-3-5-12(11)17/h2-8,21H,1H3. The van der Waals surface area contributed by atoms with E-state index in [-0.39, 0.29) is 11.4 Å². The molecule has 0 aliphatic heterocycles. The van der Waals surface area contributed by atoms with Gasteiger partial charge in [0.15, 0.2) is 5.82 Å². The van der Waals surface area contributed by atoms with E-state index in [0.29, 0.717) is 22.1 Å². The summed E-state index contributed by atoms with van der Waals surface area (Å²) in [5.41, 5.74) is 1.91. The van der Waals surface area contributed by atoms with E-state index >= 15 is 0 Å². The molecule has 1 N–H and O–H groups in total. The first-order valence-corrected chi connectivity index (χ1v) is 6.61. The topological polar surface area (TPSA) is 50.9 Å². The predicted molar refractivity (Wildman–Crippen MR) is 77.8 cm³/mol. The molecule has 3 aromatic rings. The molecular weight excluding hydrogens is 293 g/mol. The van der Waals surface area contributed by atoms with Crippen molar-refractivity contribution in [3.8, 4) is 22.6 Å². The van der Waals surface area contributed by atoms with Crippen LogP contribution in [0.5, 0.6) is 0 Å². The van der Waals surface area contributed by atoms with Gasteiger partial charge >= 0.3 is 0 Å². The van der Waals surface area contributed by atoms with Crippen molar-refractivity contribution in [1.82, 2.24) is 14.7 Å². The second kappa shape index (κ2) is 5.18. The Labute approximate surface area is 125 Å². The lowest BCUT2D eigenvalue weighted by Crippen LogP contribution is -1.99. The smallest absolute Gasteiger partial charge is 0.179 e. The second-order valence-corrected chi connectivity index (χ2v) is 4.92. The zero-order valence-corrected chi connectivity index (χ0v) is 11.8. The number of nitrogens with zero attached hydrogens (tertiary/aromatic N) is 3. The summed E-state index contributed by atoms with van der Waals surface area (Å²) in [4.78, 5) is 8.23. The summed E-state index contributed by atoms with van der Waals surface area (Å²) in [6.07, 6.45) is 1.53. The number of rotatable bonds is 2. The van der Waals surface area contributed by atoms with E-state index in [0.717, 1.165) is 4.73 Å². The normalized spacial score (nSPS) is 10.8. The minimum atomic E-state index is -0.446. The number of benzene rings is 1. The molecule has 0 amide bonds. The van der Waals surface area contributed by atoms with Crippen molar-refractivity contribution in [3.63, 3.8) is 0 Å². The minimum Gasteiger partial charge on any atom is -0.426 e. The van der Waals surface area contributed by atoms with Crippen LogP contribution in [0.4, 0.5) is 4.39 Å². The molecular formula is C15H11ClFN3O. The minimum absolute atomic E-state index is 0.149. The molecule has 106 valence electrons. The summed E-state index contributed by atoms with van der Waals surface area (Å²) in [5, 5.41) is 10.7. The van der Waals surface area contributed by atoms with E-state index in [1.54, 1.807) is 37.3 Å². The molecule has 0 spiro atoms. The Bertz CT molecular complexity index is 799. The number of aromatic nitrogens is 3. The maximum Gasteiger partial charge on any atom is 0.179 e. The van der Waals surface area contributed by atoms with Crippen LogP contribution in [-0.4, -0.2) is 19.9 Å². The van der Waals surface area contributed by atoms with Crippen molar-refractivity contribution in [2.75, 3.05) is 0 Å². The van der Waals surface area contributed by atoms with Gasteiger partial charge in [-0.25, -0.2) is 14.4 Å². The fourth-order valence-electron chi connectivity index (χ4n) is 2.18. The summed E-state index contributed by atoms with van der Waals surface area (Å²) in [6.45, 7) is 1.74. The highest BCUT2D eigenvalue weighted by atomic mass is 35.5. The van der Waals surface area contributed by atoms with Crippen molar-refractivity contribution < 1.29 is 9.60 Å². The Balaban J connectivity index is 2.17. The number of pyridine rings is 1. The molecule has 0 saturated heterocycles. The number of imidazole rings is 1. The molecule has 4 nitrogen and oxygen atoms in total. The lowest BCUT2D eigenvalue weighted by atomic mass is 10.2. The van der Waals surface area contributed by atoms with Gasteiger partial charge in [0.2, 0.25) is 0 Å². The summed E-state index contributed by atoms with van der Waals surface area (Å²) in [7, 11) is 0. The maximum atomic E-state index is 13.9. The first-order valence-electron chi connectivity index (χ1n) is 6.23. The van der Waals surface area contributed by atoms with Crippen LogP contribution >= 0.6 is 11.6 Å². The van der Waals surface area contributed by atoms with Crippen LogP contribution in [0, 0.1) is 12.7 Å². The molecule has 0 fully saturated rings. The maximum absolute atomic E-state index is 13.9. The fraction of sp³-hybridized carbons (Fsp3) is 0.0667. The zero-order valence-electron chi connectivity index (χ0n) is 11.1. The summed E-state index contributed by atoms with van der Waals surface area (Å²) < 4.78 is 14.7. The summed E-state index contributed by atoms with van der Waals surface area (Å²) in [5.74, 6) is -0.297. The van der Waals surface area contributed by atoms with E-state index in [2.05, 4.69) is 9.97 Å². The van der Waals surface area contributed by atoms with Gasteiger partial charge in [-0.3, -0.25) is 0 Å². The number of hydrogen-bond acceptors (Lipinski definition) is 3. The average molecular weight is 304 g/mol. The van der Waals surface area contributed by atoms with Gasteiger partial charge in [-0.2, -0.15) is 4.73 Å². The zero-order chi connectivity index (χ0) is 15.0. The molecule has 2 heterocycles. The van der Waals surface area contributed by atoms with Gasteiger partial charge in [-0.1, -0.05) is 23.7 Å². The first-order chi connectivity index (χ1) is 10.1. The number of halogens is 2. The molecule has 0 aliphatic carbocycles. The van der Waals surface area contributed by atoms with Gasteiger partial charge in [0.1, 0.15) is 16.7 Å². The Morgan fingerprint density at radius 2 is 1.95 bits per heavy atom. The molecule has 0 radical (unpaired) electrons. The van der Waals surface area contributed by atoms with Gasteiger partial charge < -0.3 is 5.21 Å². The monoisotopic (exact) mass is 303 g/mol. The van der Waals surface area contributed by atoms with Crippen LogP contribution in [0.2, 0.25) is 5.15 Å². The van der Waals surface area contributed by atoms with Gasteiger partial charge in [0.25, 0.3) is 0 Å². The highest BCUT2D eigenvalue weighted by Crippen LogP contribution is 2.29. The largest absolute Gasteiger partial charge is 0.426 e. The highest BCUT2D eigenvalue weighted by Gasteiger charge is 2.19. The van der Waals surface area contributed by atoms with Crippen molar-refractivity contribution in [1.29, 1.82) is 0 Å². The Kier molecular flexibility index (Phi) is 3.35. The van der Waals surface area contributed by atoms with Crippen molar-refractivity contribution in [2.24, 2.45) is 0 Å². The summed E-state index contributed by atoms with van der Waals surface area (Å²) in [6, 6.07) is 9.49. The molecule has 2 aromatic heterocycles. The van der Waals surface area contributed by atoms with Crippen LogP contribution in [0.1, 0.15) is 5.69 Å². The van der Waals surface area contributed by atoms with Crippen LogP contribution < -0.4 is 0 Å². The van der Waals surface area contributed by atoms with Gasteiger partial charge in [-0.15, -0.1) is 0 Å². The summed E-state index contributed by atoms with van der Waals surface area (Å²) >= 11 is 5.75. The molecule has 0 atom stereocenters. The van der Waals surface area contributed by atoms with Crippen molar-refractivity contribution in [2.45, 2.75) is 6.92 Å². The van der Waals surface area contributed by atoms with Gasteiger partial charge in [-0.05, 0) is 31.2 Å². The third-order valence-electron chi connectivity index (χ3n) is 3.14. The highest BCUT2D eigenvalue weighted by molar-refractivity contribution is 6.29. The van der Waals surface area contributed by atoms with E-state index in [4.69, 9.17) is 11.6 Å². The number of aryl methyl sites for hydroxylation is 1. The van der Waals surface area contributed by atoms with E-state index < -0.39 is 5.82 Å². The lowest BCUT2D eigenvalue weighted by molar-refractivity contribution is 0.195. The molecule has 0 unspecified atom stereocenters. The third kappa shape index (κ3) is 2.36. The first kappa shape index (κ1) is 13.6. The predicted octanol–water partition coefficient (Wildman–Crippen LogP) is 3.95. The van der Waals surface area contributed by atoms with Crippen molar-refractivity contribution in [3.05, 3.63) is 59.3 Å². The molecule has 1 aromatic carbocycles. The number of hydrogen-bond donors (Lipinski definition) is 1. The third-order valence-corrected chi connectivity index (χ3v) is 3.37. The van der Waals surface area contributed by atoms with Crippen LogP contribution in [0.3, 0.4) is 0 Å². The Morgan fingerprint density at radius 3 is 2.62 bits per heavy atom. The quantitative estimate of drug-likeness (QED) is 0.576. The molecule has 0 aliphatic rings. The van der Waals surface area contributed by atoms with Crippen molar-refractivity contribution >= 4 is 11.6 Å². The van der Waals surface area contributed by atoms with Crippen LogP contribution in [-0.2, 0) is 0 Å². The molecule has 6 heteroatoms. The average Bonchev–Trinajstić information content (AvgIpc) is 2.76. The van der Waals surface area contributed by atoms with Crippen LogP contribution in [0.15, 0.2) is 42.6 Å². The Morgan fingerprint density at radius 1 is 1.19 bits per heavy atom. The molecule has 0 saturated carbocycles. The van der Waals surface area contributed by atoms with E-state index in [1.807, 2.05) is 0 Å². The molecule has 3 rings (SSSR count).